The van der Waals surface area contributed by atoms with Gasteiger partial charge in [-0.05, 0) is 43.5 Å². The van der Waals surface area contributed by atoms with Crippen LogP contribution in [0.2, 0.25) is 0 Å². The first-order valence-corrected chi connectivity index (χ1v) is 8.63. The van der Waals surface area contributed by atoms with Crippen LogP contribution in [-0.4, -0.2) is 26.1 Å². The number of benzene rings is 2. The van der Waals surface area contributed by atoms with Gasteiger partial charge in [-0.15, -0.1) is 0 Å². The van der Waals surface area contributed by atoms with E-state index in [0.717, 1.165) is 12.2 Å². The Morgan fingerprint density at radius 3 is 2.46 bits per heavy atom. The smallest absolute Gasteiger partial charge is 0.259 e. The molecule has 126 valence electrons. The Bertz CT molecular complexity index is 676. The SMILES string of the molecule is COc1ccccc1C(=O)Nc1ccc(C[NH+]2CCCCC2)cc1. The fourth-order valence-electron chi connectivity index (χ4n) is 3.25. The van der Waals surface area contributed by atoms with E-state index >= 15 is 0 Å². The Kier molecular flexibility index (Phi) is 5.49. The Labute approximate surface area is 143 Å². The molecule has 0 radical (unpaired) electrons. The van der Waals surface area contributed by atoms with E-state index in [2.05, 4.69) is 17.4 Å². The summed E-state index contributed by atoms with van der Waals surface area (Å²) in [4.78, 5) is 14.1. The molecule has 1 aliphatic rings. The van der Waals surface area contributed by atoms with Gasteiger partial charge in [-0.2, -0.15) is 0 Å². The van der Waals surface area contributed by atoms with Crippen molar-refractivity contribution in [3.8, 4) is 5.75 Å². The minimum atomic E-state index is -0.151. The molecule has 4 heteroatoms. The molecule has 3 rings (SSSR count). The molecule has 0 atom stereocenters. The number of piperidine rings is 1. The van der Waals surface area contributed by atoms with Crippen LogP contribution in [0.15, 0.2) is 48.5 Å². The van der Waals surface area contributed by atoms with Crippen LogP contribution in [0.1, 0.15) is 35.2 Å². The predicted molar refractivity (Wildman–Crippen MR) is 95.6 cm³/mol. The van der Waals surface area contributed by atoms with Gasteiger partial charge in [-0.25, -0.2) is 0 Å². The minimum Gasteiger partial charge on any atom is -0.496 e. The van der Waals surface area contributed by atoms with Crippen molar-refractivity contribution in [3.05, 3.63) is 59.7 Å². The van der Waals surface area contributed by atoms with Gasteiger partial charge >= 0.3 is 0 Å². The van der Waals surface area contributed by atoms with Crippen LogP contribution in [0.4, 0.5) is 5.69 Å². The van der Waals surface area contributed by atoms with Crippen molar-refractivity contribution in [3.63, 3.8) is 0 Å². The van der Waals surface area contributed by atoms with Gasteiger partial charge < -0.3 is 15.0 Å². The van der Waals surface area contributed by atoms with Crippen molar-refractivity contribution in [2.75, 3.05) is 25.5 Å². The van der Waals surface area contributed by atoms with Crippen LogP contribution in [0.5, 0.6) is 5.75 Å². The summed E-state index contributed by atoms with van der Waals surface area (Å²) < 4.78 is 5.24. The van der Waals surface area contributed by atoms with E-state index in [1.54, 1.807) is 24.1 Å². The summed E-state index contributed by atoms with van der Waals surface area (Å²) >= 11 is 0. The number of quaternary nitrogens is 1. The van der Waals surface area contributed by atoms with Crippen LogP contribution < -0.4 is 15.0 Å². The highest BCUT2D eigenvalue weighted by Gasteiger charge is 2.14. The summed E-state index contributed by atoms with van der Waals surface area (Å²) in [6, 6.07) is 15.4. The Balaban J connectivity index is 1.62. The van der Waals surface area contributed by atoms with E-state index in [1.165, 1.54) is 37.9 Å². The highest BCUT2D eigenvalue weighted by molar-refractivity contribution is 6.06. The van der Waals surface area contributed by atoms with E-state index in [1.807, 2.05) is 24.3 Å². The van der Waals surface area contributed by atoms with E-state index in [-0.39, 0.29) is 5.91 Å². The van der Waals surface area contributed by atoms with Crippen molar-refractivity contribution in [1.29, 1.82) is 0 Å². The largest absolute Gasteiger partial charge is 0.496 e. The number of nitrogens with one attached hydrogen (secondary N) is 2. The molecular formula is C20H25N2O2+. The third-order valence-electron chi connectivity index (χ3n) is 4.58. The lowest BCUT2D eigenvalue weighted by Crippen LogP contribution is -3.11. The number of methoxy groups -OCH3 is 1. The molecule has 2 aromatic rings. The molecule has 2 N–H and O–H groups in total. The molecule has 0 aliphatic carbocycles. The first kappa shape index (κ1) is 16.5. The normalized spacial score (nSPS) is 15.0. The average molecular weight is 325 g/mol. The van der Waals surface area contributed by atoms with E-state index in [9.17, 15) is 4.79 Å². The van der Waals surface area contributed by atoms with Crippen LogP contribution >= 0.6 is 0 Å². The molecular weight excluding hydrogens is 300 g/mol. The number of carbonyl (C=O) groups is 1. The molecule has 0 saturated carbocycles. The number of hydrogen-bond acceptors (Lipinski definition) is 2. The first-order chi connectivity index (χ1) is 11.8. The van der Waals surface area contributed by atoms with Gasteiger partial charge in [0.15, 0.2) is 0 Å². The highest BCUT2D eigenvalue weighted by atomic mass is 16.5. The lowest BCUT2D eigenvalue weighted by atomic mass is 10.1. The van der Waals surface area contributed by atoms with Crippen LogP contribution in [0.3, 0.4) is 0 Å². The quantitative estimate of drug-likeness (QED) is 0.887. The third kappa shape index (κ3) is 4.15. The summed E-state index contributed by atoms with van der Waals surface area (Å²) in [6.07, 6.45) is 4.04. The lowest BCUT2D eigenvalue weighted by molar-refractivity contribution is -0.918. The molecule has 1 aliphatic heterocycles. The number of ether oxygens (including phenoxy) is 1. The number of anilines is 1. The van der Waals surface area contributed by atoms with Crippen LogP contribution in [0, 0.1) is 0 Å². The Hall–Kier alpha value is -2.33. The van der Waals surface area contributed by atoms with Crippen molar-refractivity contribution in [2.24, 2.45) is 0 Å². The highest BCUT2D eigenvalue weighted by Crippen LogP contribution is 2.19. The van der Waals surface area contributed by atoms with Gasteiger partial charge in [0.2, 0.25) is 0 Å². The van der Waals surface area contributed by atoms with Gasteiger partial charge in [-0.1, -0.05) is 24.3 Å². The van der Waals surface area contributed by atoms with Crippen LogP contribution in [0.25, 0.3) is 0 Å². The second kappa shape index (κ2) is 7.97. The van der Waals surface area contributed by atoms with E-state index < -0.39 is 0 Å². The number of rotatable bonds is 5. The zero-order chi connectivity index (χ0) is 16.8. The molecule has 1 saturated heterocycles. The first-order valence-electron chi connectivity index (χ1n) is 8.63. The summed E-state index contributed by atoms with van der Waals surface area (Å²) in [6.45, 7) is 3.61. The molecule has 2 aromatic carbocycles. The van der Waals surface area contributed by atoms with Gasteiger partial charge in [-0.3, -0.25) is 4.79 Å². The zero-order valence-corrected chi connectivity index (χ0v) is 14.2. The van der Waals surface area contributed by atoms with Gasteiger partial charge in [0.05, 0.1) is 25.8 Å². The topological polar surface area (TPSA) is 42.8 Å². The number of hydrogen-bond donors (Lipinski definition) is 2. The van der Waals surface area contributed by atoms with Gasteiger partial charge in [0.1, 0.15) is 12.3 Å². The van der Waals surface area contributed by atoms with Crippen LogP contribution in [-0.2, 0) is 6.54 Å². The predicted octanol–water partition coefficient (Wildman–Crippen LogP) is 2.52. The lowest BCUT2D eigenvalue weighted by Gasteiger charge is -2.23. The van der Waals surface area contributed by atoms with Crippen molar-refractivity contribution < 1.29 is 14.4 Å². The maximum atomic E-state index is 12.4. The van der Waals surface area contributed by atoms with Gasteiger partial charge in [0.25, 0.3) is 5.91 Å². The Morgan fingerprint density at radius 2 is 1.75 bits per heavy atom. The number of carbonyl (C=O) groups excluding carboxylic acids is 1. The van der Waals surface area contributed by atoms with Crippen molar-refractivity contribution >= 4 is 11.6 Å². The van der Waals surface area contributed by atoms with Crippen molar-refractivity contribution in [2.45, 2.75) is 25.8 Å². The summed E-state index contributed by atoms with van der Waals surface area (Å²) in [5.74, 6) is 0.433. The number of likely N-dealkylation sites (tertiary alicyclic amines) is 1. The molecule has 0 spiro atoms. The monoisotopic (exact) mass is 325 g/mol. The second-order valence-electron chi connectivity index (χ2n) is 6.34. The molecule has 1 fully saturated rings. The molecule has 0 unspecified atom stereocenters. The molecule has 1 heterocycles. The fourth-order valence-corrected chi connectivity index (χ4v) is 3.25. The summed E-state index contributed by atoms with van der Waals surface area (Å²) in [5.41, 5.74) is 2.67. The molecule has 0 bridgehead atoms. The summed E-state index contributed by atoms with van der Waals surface area (Å²) in [7, 11) is 1.57. The molecule has 0 aromatic heterocycles. The molecule has 24 heavy (non-hydrogen) atoms. The van der Waals surface area contributed by atoms with Crippen molar-refractivity contribution in [1.82, 2.24) is 0 Å². The van der Waals surface area contributed by atoms with E-state index in [4.69, 9.17) is 4.74 Å². The van der Waals surface area contributed by atoms with Gasteiger partial charge in [0, 0.05) is 11.3 Å². The standard InChI is InChI=1S/C20H24N2O2/c1-24-19-8-4-3-7-18(19)20(23)21-17-11-9-16(10-12-17)15-22-13-5-2-6-14-22/h3-4,7-12H,2,5-6,13-15H2,1H3,(H,21,23)/p+1. The molecule has 4 nitrogen and oxygen atoms in total. The maximum absolute atomic E-state index is 12.4. The maximum Gasteiger partial charge on any atom is 0.259 e. The second-order valence-corrected chi connectivity index (χ2v) is 6.34. The fraction of sp³-hybridized carbons (Fsp3) is 0.350. The third-order valence-corrected chi connectivity index (χ3v) is 4.58. The Morgan fingerprint density at radius 1 is 1.04 bits per heavy atom. The number of amides is 1. The minimum absolute atomic E-state index is 0.151. The average Bonchev–Trinajstić information content (AvgIpc) is 2.64. The summed E-state index contributed by atoms with van der Waals surface area (Å²) in [5, 5.41) is 2.94. The zero-order valence-electron chi connectivity index (χ0n) is 14.2. The van der Waals surface area contributed by atoms with E-state index in [0.29, 0.717) is 11.3 Å². The number of para-hydroxylation sites is 1. The molecule has 1 amide bonds.